The zero-order valence-corrected chi connectivity index (χ0v) is 24.9. The van der Waals surface area contributed by atoms with Crippen LogP contribution in [0.25, 0.3) is 22.3 Å². The second-order valence-electron chi connectivity index (χ2n) is 12.3. The first-order chi connectivity index (χ1) is 20.8. The van der Waals surface area contributed by atoms with Gasteiger partial charge in [-0.2, -0.15) is 0 Å². The second-order valence-corrected chi connectivity index (χ2v) is 12.3. The Labute approximate surface area is 250 Å². The maximum Gasteiger partial charge on any atom is 0.415 e. The van der Waals surface area contributed by atoms with Crippen LogP contribution in [0.15, 0.2) is 29.1 Å². The Bertz CT molecular complexity index is 1690. The minimum absolute atomic E-state index is 0.0949. The van der Waals surface area contributed by atoms with Crippen LogP contribution in [-0.4, -0.2) is 68.7 Å². The van der Waals surface area contributed by atoms with Crippen molar-refractivity contribution in [1.29, 1.82) is 0 Å². The first-order valence-corrected chi connectivity index (χ1v) is 15.6. The number of rotatable bonds is 4. The van der Waals surface area contributed by atoms with E-state index in [4.69, 9.17) is 14.5 Å². The highest BCUT2D eigenvalue weighted by atomic mass is 16.6. The second kappa shape index (κ2) is 10.7. The zero-order chi connectivity index (χ0) is 29.9. The molecule has 2 saturated heterocycles. The van der Waals surface area contributed by atoms with E-state index >= 15 is 0 Å². The van der Waals surface area contributed by atoms with Gasteiger partial charge in [0.1, 0.15) is 12.4 Å². The molecule has 0 radical (unpaired) electrons. The van der Waals surface area contributed by atoms with E-state index in [1.807, 2.05) is 30.0 Å². The summed E-state index contributed by atoms with van der Waals surface area (Å²) in [6.45, 7) is 7.61. The van der Waals surface area contributed by atoms with Gasteiger partial charge in [-0.3, -0.25) is 4.79 Å². The number of ether oxygens (including phenoxy) is 2. The summed E-state index contributed by atoms with van der Waals surface area (Å²) in [5.41, 5.74) is 2.23. The van der Waals surface area contributed by atoms with E-state index in [0.29, 0.717) is 60.4 Å². The van der Waals surface area contributed by atoms with E-state index in [9.17, 15) is 19.5 Å². The van der Waals surface area contributed by atoms with Crippen LogP contribution in [0.5, 0.6) is 5.75 Å². The van der Waals surface area contributed by atoms with Gasteiger partial charge in [-0.1, -0.05) is 20.3 Å². The van der Waals surface area contributed by atoms with Crippen LogP contribution in [0.2, 0.25) is 0 Å². The Kier molecular flexibility index (Phi) is 7.01. The average molecular weight is 587 g/mol. The molecule has 3 aromatic rings. The summed E-state index contributed by atoms with van der Waals surface area (Å²) >= 11 is 0. The standard InChI is InChI=1S/C33H38N4O6/c1-3-20-15-24(43-32(40)36-12-8-23(9-13-36)35-10-6-5-7-11-35)16-21-14-22-18-37-27(29(22)34-28(20)21)17-26-25(30(37)38)19-42-31(39)33(26,41)4-2/h14-17,23,41H,3-13,18-19H2,1-2H3/t33-/m0/s1. The Morgan fingerprint density at radius 1 is 1.07 bits per heavy atom. The van der Waals surface area contributed by atoms with Gasteiger partial charge in [0, 0.05) is 35.6 Å². The maximum atomic E-state index is 13.5. The van der Waals surface area contributed by atoms with Crippen molar-refractivity contribution in [1.82, 2.24) is 19.4 Å². The molecule has 226 valence electrons. The predicted molar refractivity (Wildman–Crippen MR) is 160 cm³/mol. The molecule has 43 heavy (non-hydrogen) atoms. The molecule has 1 N–H and O–H groups in total. The van der Waals surface area contributed by atoms with Gasteiger partial charge in [0.2, 0.25) is 0 Å². The molecule has 0 aliphatic carbocycles. The molecule has 10 heteroatoms. The van der Waals surface area contributed by atoms with Crippen molar-refractivity contribution >= 4 is 23.0 Å². The number of amides is 1. The summed E-state index contributed by atoms with van der Waals surface area (Å²) in [6.07, 6.45) is 6.25. The van der Waals surface area contributed by atoms with Gasteiger partial charge in [0.25, 0.3) is 5.56 Å². The van der Waals surface area contributed by atoms with Gasteiger partial charge in [-0.15, -0.1) is 0 Å². The molecule has 0 bridgehead atoms. The number of piperidine rings is 2. The predicted octanol–water partition coefficient (Wildman–Crippen LogP) is 4.09. The zero-order valence-electron chi connectivity index (χ0n) is 24.9. The molecule has 4 aliphatic heterocycles. The number of carbonyl (C=O) groups is 2. The first-order valence-electron chi connectivity index (χ1n) is 15.6. The average Bonchev–Trinajstić information content (AvgIpc) is 3.40. The molecule has 10 nitrogen and oxygen atoms in total. The molecule has 1 atom stereocenters. The number of cyclic esters (lactones) is 1. The summed E-state index contributed by atoms with van der Waals surface area (Å²) in [5, 5.41) is 12.0. The number of esters is 1. The van der Waals surface area contributed by atoms with E-state index < -0.39 is 11.6 Å². The van der Waals surface area contributed by atoms with Crippen molar-refractivity contribution < 1.29 is 24.2 Å². The van der Waals surface area contributed by atoms with Gasteiger partial charge >= 0.3 is 12.1 Å². The molecular weight excluding hydrogens is 548 g/mol. The molecule has 2 fully saturated rings. The summed E-state index contributed by atoms with van der Waals surface area (Å²) in [4.78, 5) is 48.6. The minimum Gasteiger partial charge on any atom is -0.458 e. The normalized spacial score (nSPS) is 22.2. The van der Waals surface area contributed by atoms with Crippen LogP contribution in [-0.2, 0) is 34.7 Å². The van der Waals surface area contributed by atoms with Gasteiger partial charge < -0.3 is 28.9 Å². The molecule has 1 amide bonds. The Morgan fingerprint density at radius 3 is 2.56 bits per heavy atom. The van der Waals surface area contributed by atoms with Crippen molar-refractivity contribution in [3.05, 3.63) is 56.9 Å². The number of hydrogen-bond donors (Lipinski definition) is 1. The first kappa shape index (κ1) is 28.0. The summed E-state index contributed by atoms with van der Waals surface area (Å²) < 4.78 is 12.7. The SMILES string of the molecule is CCc1cc(OC(=O)N2CCC(N3CCCCC3)CC2)cc2cc3c(nc12)-c1cc2c(c(=O)n1C3)COC(=O)[C@]2(O)CC. The van der Waals surface area contributed by atoms with Crippen molar-refractivity contribution in [3.8, 4) is 17.1 Å². The smallest absolute Gasteiger partial charge is 0.415 e. The van der Waals surface area contributed by atoms with Gasteiger partial charge in [-0.05, 0) is 81.4 Å². The van der Waals surface area contributed by atoms with Crippen molar-refractivity contribution in [2.75, 3.05) is 26.2 Å². The number of hydrogen-bond acceptors (Lipinski definition) is 8. The van der Waals surface area contributed by atoms with E-state index in [0.717, 1.165) is 34.9 Å². The fourth-order valence-electron chi connectivity index (χ4n) is 7.33. The lowest BCUT2D eigenvalue weighted by molar-refractivity contribution is -0.172. The molecule has 7 rings (SSSR count). The minimum atomic E-state index is -1.86. The summed E-state index contributed by atoms with van der Waals surface area (Å²) in [6, 6.07) is 8.00. The topological polar surface area (TPSA) is 114 Å². The lowest BCUT2D eigenvalue weighted by atomic mass is 9.86. The molecule has 6 heterocycles. The Hall–Kier alpha value is -3.76. The van der Waals surface area contributed by atoms with Crippen LogP contribution in [0, 0.1) is 0 Å². The highest BCUT2D eigenvalue weighted by Crippen LogP contribution is 2.39. The number of likely N-dealkylation sites (tertiary alicyclic amines) is 2. The number of benzene rings is 1. The number of aryl methyl sites for hydroxylation is 1. The largest absolute Gasteiger partial charge is 0.458 e. The van der Waals surface area contributed by atoms with Crippen LogP contribution < -0.4 is 10.3 Å². The van der Waals surface area contributed by atoms with Crippen molar-refractivity contribution in [2.45, 2.75) is 83.6 Å². The van der Waals surface area contributed by atoms with E-state index in [2.05, 4.69) is 4.90 Å². The number of aliphatic hydroxyl groups is 1. The number of carbonyl (C=O) groups excluding carboxylic acids is 2. The highest BCUT2D eigenvalue weighted by molar-refractivity contribution is 5.89. The summed E-state index contributed by atoms with van der Waals surface area (Å²) in [5.74, 6) is -0.251. The van der Waals surface area contributed by atoms with E-state index in [-0.39, 0.29) is 24.7 Å². The number of aromatic nitrogens is 2. The molecule has 0 spiro atoms. The van der Waals surface area contributed by atoms with Crippen LogP contribution in [0.3, 0.4) is 0 Å². The molecular formula is C33H38N4O6. The monoisotopic (exact) mass is 586 g/mol. The summed E-state index contributed by atoms with van der Waals surface area (Å²) in [7, 11) is 0. The van der Waals surface area contributed by atoms with Gasteiger partial charge in [0.15, 0.2) is 5.60 Å². The quantitative estimate of drug-likeness (QED) is 0.356. The molecule has 2 aromatic heterocycles. The lowest BCUT2D eigenvalue weighted by Crippen LogP contribution is -2.48. The third-order valence-electron chi connectivity index (χ3n) is 9.88. The van der Waals surface area contributed by atoms with Crippen LogP contribution in [0.4, 0.5) is 4.79 Å². The van der Waals surface area contributed by atoms with Crippen LogP contribution >= 0.6 is 0 Å². The molecule has 0 saturated carbocycles. The lowest BCUT2D eigenvalue weighted by Gasteiger charge is -2.39. The van der Waals surface area contributed by atoms with Crippen molar-refractivity contribution in [2.24, 2.45) is 0 Å². The van der Waals surface area contributed by atoms with Crippen LogP contribution in [0.1, 0.15) is 74.6 Å². The fraction of sp³-hybridized carbons (Fsp3) is 0.515. The third kappa shape index (κ3) is 4.62. The number of nitrogens with zero attached hydrogens (tertiary/aromatic N) is 4. The number of pyridine rings is 2. The highest BCUT2D eigenvalue weighted by Gasteiger charge is 2.45. The van der Waals surface area contributed by atoms with E-state index in [1.54, 1.807) is 17.6 Å². The third-order valence-corrected chi connectivity index (χ3v) is 9.88. The fourth-order valence-corrected chi connectivity index (χ4v) is 7.33. The van der Waals surface area contributed by atoms with E-state index in [1.165, 1.54) is 32.4 Å². The molecule has 1 aromatic carbocycles. The Morgan fingerprint density at radius 2 is 1.84 bits per heavy atom. The Balaban J connectivity index is 1.16. The molecule has 0 unspecified atom stereocenters. The molecule has 4 aliphatic rings. The maximum absolute atomic E-state index is 13.5. The van der Waals surface area contributed by atoms with Gasteiger partial charge in [-0.25, -0.2) is 14.6 Å². The van der Waals surface area contributed by atoms with Crippen molar-refractivity contribution in [3.63, 3.8) is 0 Å². The van der Waals surface area contributed by atoms with Gasteiger partial charge in [0.05, 0.1) is 29.0 Å². The number of fused-ring (bicyclic) bond motifs is 5.